The summed E-state index contributed by atoms with van der Waals surface area (Å²) in [5.74, 6) is -2.52. The minimum Gasteiger partial charge on any atom is -0.331 e. The molecule has 4 fully saturated rings. The molecule has 0 saturated carbocycles. The summed E-state index contributed by atoms with van der Waals surface area (Å²) in [6, 6.07) is 4.14. The van der Waals surface area contributed by atoms with Gasteiger partial charge in [-0.25, -0.2) is 8.78 Å². The van der Waals surface area contributed by atoms with Gasteiger partial charge in [0.15, 0.2) is 11.6 Å². The smallest absolute Gasteiger partial charge is 0.290 e. The molecule has 1 aromatic rings. The van der Waals surface area contributed by atoms with Crippen LogP contribution in [0.25, 0.3) is 0 Å². The molecule has 0 radical (unpaired) electrons. The maximum atomic E-state index is 14.4. The number of ketones is 1. The third-order valence-electron chi connectivity index (χ3n) is 6.20. The second-order valence-corrected chi connectivity index (χ2v) is 7.34. The van der Waals surface area contributed by atoms with Crippen LogP contribution in [0.5, 0.6) is 0 Å². The number of hydrogen-bond acceptors (Lipinski definition) is 3. The van der Waals surface area contributed by atoms with E-state index in [9.17, 15) is 18.4 Å². The summed E-state index contributed by atoms with van der Waals surface area (Å²) in [6.07, 6.45) is 2.15. The van der Waals surface area contributed by atoms with Gasteiger partial charge in [0.25, 0.3) is 5.91 Å². The SMILES string of the molecule is CCC(=O)C(=O)N1C[C@H](c2cccc(F)c2F)[C@H]2[C@@H]1C1CCN2CC1. The standard InChI is InChI=1S/C19H22F2N2O2/c1-2-15(24)19(25)23-10-13(12-4-3-5-14(20)16(12)21)18-17(23)11-6-8-22(18)9-7-11/h3-5,11,13,17-18H,2,6-10H2,1H3/t13-,17+,18+/m1/s1. The first-order valence-corrected chi connectivity index (χ1v) is 9.04. The summed E-state index contributed by atoms with van der Waals surface area (Å²) < 4.78 is 28.2. The van der Waals surface area contributed by atoms with Crippen LogP contribution in [0, 0.1) is 17.6 Å². The fraction of sp³-hybridized carbons (Fsp3) is 0.579. The van der Waals surface area contributed by atoms with Crippen molar-refractivity contribution in [3.63, 3.8) is 0 Å². The van der Waals surface area contributed by atoms with Crippen molar-refractivity contribution in [2.75, 3.05) is 19.6 Å². The number of carbonyl (C=O) groups is 2. The Morgan fingerprint density at radius 3 is 2.56 bits per heavy atom. The van der Waals surface area contributed by atoms with Gasteiger partial charge in [-0.3, -0.25) is 14.5 Å². The largest absolute Gasteiger partial charge is 0.331 e. The van der Waals surface area contributed by atoms with Gasteiger partial charge in [0.1, 0.15) is 0 Å². The summed E-state index contributed by atoms with van der Waals surface area (Å²) in [4.78, 5) is 28.6. The van der Waals surface area contributed by atoms with Gasteiger partial charge >= 0.3 is 0 Å². The molecule has 0 aromatic heterocycles. The van der Waals surface area contributed by atoms with Crippen molar-refractivity contribution < 1.29 is 18.4 Å². The van der Waals surface area contributed by atoms with E-state index in [1.807, 2.05) is 0 Å². The summed E-state index contributed by atoms with van der Waals surface area (Å²) in [6.45, 7) is 3.80. The molecule has 0 N–H and O–H groups in total. The lowest BCUT2D eigenvalue weighted by molar-refractivity contribution is -0.147. The molecule has 2 bridgehead atoms. The number of piperidine rings is 3. The van der Waals surface area contributed by atoms with Crippen LogP contribution >= 0.6 is 0 Å². The quantitative estimate of drug-likeness (QED) is 0.788. The number of fused-ring (bicyclic) bond motifs is 2. The van der Waals surface area contributed by atoms with Gasteiger partial charge < -0.3 is 4.90 Å². The highest BCUT2D eigenvalue weighted by Gasteiger charge is 2.55. The second-order valence-electron chi connectivity index (χ2n) is 7.34. The van der Waals surface area contributed by atoms with Crippen LogP contribution < -0.4 is 0 Å². The highest BCUT2D eigenvalue weighted by Crippen LogP contribution is 2.47. The van der Waals surface area contributed by atoms with E-state index in [2.05, 4.69) is 4.90 Å². The fourth-order valence-corrected chi connectivity index (χ4v) is 5.05. The number of rotatable bonds is 3. The number of hydrogen-bond donors (Lipinski definition) is 0. The zero-order valence-corrected chi connectivity index (χ0v) is 14.3. The Morgan fingerprint density at radius 1 is 1.16 bits per heavy atom. The van der Waals surface area contributed by atoms with Gasteiger partial charge in [0, 0.05) is 24.9 Å². The predicted molar refractivity (Wildman–Crippen MR) is 88.0 cm³/mol. The van der Waals surface area contributed by atoms with Crippen LogP contribution in [0.15, 0.2) is 18.2 Å². The average Bonchev–Trinajstić information content (AvgIpc) is 3.06. The number of benzene rings is 1. The van der Waals surface area contributed by atoms with Crippen LogP contribution in [0.3, 0.4) is 0 Å². The third kappa shape index (κ3) is 2.49. The van der Waals surface area contributed by atoms with E-state index in [-0.39, 0.29) is 31.0 Å². The van der Waals surface area contributed by atoms with E-state index in [1.54, 1.807) is 17.9 Å². The zero-order valence-electron chi connectivity index (χ0n) is 14.3. The van der Waals surface area contributed by atoms with Gasteiger partial charge in [-0.15, -0.1) is 0 Å². The highest BCUT2D eigenvalue weighted by molar-refractivity contribution is 6.36. The van der Waals surface area contributed by atoms with Crippen LogP contribution in [0.1, 0.15) is 37.7 Å². The first-order valence-electron chi connectivity index (χ1n) is 9.04. The van der Waals surface area contributed by atoms with Gasteiger partial charge in [0.05, 0.1) is 6.04 Å². The number of amides is 1. The number of Topliss-reactive ketones (excluding diaryl/α,β-unsaturated/α-hetero) is 1. The van der Waals surface area contributed by atoms with E-state index in [0.29, 0.717) is 11.5 Å². The molecule has 0 spiro atoms. The van der Waals surface area contributed by atoms with Crippen LogP contribution in [0.2, 0.25) is 0 Å². The Kier molecular flexibility index (Phi) is 4.10. The molecular weight excluding hydrogens is 326 g/mol. The third-order valence-corrected chi connectivity index (χ3v) is 6.20. The second kappa shape index (κ2) is 6.16. The number of halogens is 2. The Hall–Kier alpha value is -1.82. The molecule has 0 aliphatic carbocycles. The Labute approximate surface area is 145 Å². The van der Waals surface area contributed by atoms with Crippen molar-refractivity contribution in [2.45, 2.75) is 44.2 Å². The molecule has 4 nitrogen and oxygen atoms in total. The van der Waals surface area contributed by atoms with Crippen molar-refractivity contribution >= 4 is 11.7 Å². The molecule has 4 saturated heterocycles. The number of nitrogens with zero attached hydrogens (tertiary/aromatic N) is 2. The van der Waals surface area contributed by atoms with E-state index in [1.165, 1.54) is 6.07 Å². The number of carbonyl (C=O) groups excluding carboxylic acids is 2. The van der Waals surface area contributed by atoms with Gasteiger partial charge in [0.2, 0.25) is 5.78 Å². The Morgan fingerprint density at radius 2 is 1.88 bits per heavy atom. The topological polar surface area (TPSA) is 40.6 Å². The van der Waals surface area contributed by atoms with Gasteiger partial charge in [-0.05, 0) is 43.5 Å². The fourth-order valence-electron chi connectivity index (χ4n) is 5.05. The number of likely N-dealkylation sites (tertiary alicyclic amines) is 1. The summed E-state index contributed by atoms with van der Waals surface area (Å²) in [7, 11) is 0. The Balaban J connectivity index is 1.75. The van der Waals surface area contributed by atoms with E-state index in [0.717, 1.165) is 32.0 Å². The molecule has 4 aliphatic heterocycles. The molecular formula is C19H22F2N2O2. The van der Waals surface area contributed by atoms with Crippen molar-refractivity contribution in [3.05, 3.63) is 35.4 Å². The normalized spacial score (nSPS) is 33.4. The van der Waals surface area contributed by atoms with Crippen molar-refractivity contribution in [1.82, 2.24) is 9.80 Å². The molecule has 5 rings (SSSR count). The van der Waals surface area contributed by atoms with E-state index in [4.69, 9.17) is 0 Å². The first-order chi connectivity index (χ1) is 12.0. The van der Waals surface area contributed by atoms with Crippen molar-refractivity contribution in [1.29, 1.82) is 0 Å². The van der Waals surface area contributed by atoms with Crippen molar-refractivity contribution in [2.24, 2.45) is 5.92 Å². The highest BCUT2D eigenvalue weighted by atomic mass is 19.2. The maximum absolute atomic E-state index is 14.4. The molecule has 1 aromatic carbocycles. The van der Waals surface area contributed by atoms with Crippen molar-refractivity contribution in [3.8, 4) is 0 Å². The zero-order chi connectivity index (χ0) is 17.7. The molecule has 3 atom stereocenters. The van der Waals surface area contributed by atoms with Crippen LogP contribution in [-0.4, -0.2) is 53.2 Å². The Bertz CT molecular complexity index is 715. The molecule has 6 heteroatoms. The first kappa shape index (κ1) is 16.6. The van der Waals surface area contributed by atoms with Crippen LogP contribution in [-0.2, 0) is 9.59 Å². The molecule has 0 unspecified atom stereocenters. The predicted octanol–water partition coefficient (Wildman–Crippen LogP) is 2.33. The van der Waals surface area contributed by atoms with Gasteiger partial charge in [-0.2, -0.15) is 0 Å². The minimum atomic E-state index is -0.862. The lowest BCUT2D eigenvalue weighted by Gasteiger charge is -2.51. The molecule has 25 heavy (non-hydrogen) atoms. The molecule has 4 heterocycles. The minimum absolute atomic E-state index is 0.0302. The maximum Gasteiger partial charge on any atom is 0.290 e. The van der Waals surface area contributed by atoms with E-state index < -0.39 is 23.3 Å². The average molecular weight is 348 g/mol. The molecule has 4 aliphatic rings. The molecule has 1 amide bonds. The van der Waals surface area contributed by atoms with Gasteiger partial charge in [-0.1, -0.05) is 19.1 Å². The monoisotopic (exact) mass is 348 g/mol. The lowest BCUT2D eigenvalue weighted by Crippen LogP contribution is -2.61. The summed E-state index contributed by atoms with van der Waals surface area (Å²) in [5, 5.41) is 0. The summed E-state index contributed by atoms with van der Waals surface area (Å²) in [5.41, 5.74) is 0.321. The van der Waals surface area contributed by atoms with E-state index >= 15 is 0 Å². The van der Waals surface area contributed by atoms with Crippen LogP contribution in [0.4, 0.5) is 8.78 Å². The molecule has 134 valence electrons. The summed E-state index contributed by atoms with van der Waals surface area (Å²) >= 11 is 0. The lowest BCUT2D eigenvalue weighted by atomic mass is 9.75.